The molecule has 0 spiro atoms. The van der Waals surface area contributed by atoms with Gasteiger partial charge >= 0.3 is 17.9 Å². The summed E-state index contributed by atoms with van der Waals surface area (Å²) in [4.78, 5) is 29.9. The Morgan fingerprint density at radius 3 is 2.42 bits per heavy atom. The van der Waals surface area contributed by atoms with Gasteiger partial charge in [-0.15, -0.1) is 0 Å². The molecule has 0 bridgehead atoms. The number of hydrogen-bond donors (Lipinski definition) is 4. The molecule has 24 heavy (non-hydrogen) atoms. The van der Waals surface area contributed by atoms with Gasteiger partial charge in [0.15, 0.2) is 11.5 Å². The Hall–Kier alpha value is -2.85. The summed E-state index contributed by atoms with van der Waals surface area (Å²) < 4.78 is 15.3. The van der Waals surface area contributed by atoms with E-state index in [9.17, 15) is 9.90 Å². The van der Waals surface area contributed by atoms with Crippen LogP contribution in [-0.2, 0) is 14.3 Å². The van der Waals surface area contributed by atoms with Gasteiger partial charge in [-0.25, -0.2) is 14.4 Å². The predicted octanol–water partition coefficient (Wildman–Crippen LogP) is -0.692. The van der Waals surface area contributed by atoms with Crippen molar-refractivity contribution in [2.24, 2.45) is 0 Å². The fraction of sp³-hybridized carbons (Fsp3) is 0.357. The van der Waals surface area contributed by atoms with E-state index in [4.69, 9.17) is 34.0 Å². The minimum absolute atomic E-state index is 0.0475. The molecule has 0 radical (unpaired) electrons. The maximum atomic E-state index is 11.7. The Morgan fingerprint density at radius 2 is 1.83 bits per heavy atom. The SMILES string of the molecule is CNCC(O)COC(=O)c1ccc2c(c1)OCO2.O=C(O)C(=O)O. The lowest BCUT2D eigenvalue weighted by molar-refractivity contribution is -0.159. The summed E-state index contributed by atoms with van der Waals surface area (Å²) in [5.41, 5.74) is 0.371. The zero-order chi connectivity index (χ0) is 18.1. The van der Waals surface area contributed by atoms with Crippen LogP contribution in [0.4, 0.5) is 0 Å². The maximum absolute atomic E-state index is 11.7. The highest BCUT2D eigenvalue weighted by Crippen LogP contribution is 2.32. The Labute approximate surface area is 136 Å². The van der Waals surface area contributed by atoms with Crippen molar-refractivity contribution in [3.05, 3.63) is 23.8 Å². The molecule has 1 atom stereocenters. The summed E-state index contributed by atoms with van der Waals surface area (Å²) in [7, 11) is 1.71. The highest BCUT2D eigenvalue weighted by molar-refractivity contribution is 6.27. The first-order valence-electron chi connectivity index (χ1n) is 6.70. The summed E-state index contributed by atoms with van der Waals surface area (Å²) in [5, 5.41) is 27.0. The highest BCUT2D eigenvalue weighted by Gasteiger charge is 2.17. The van der Waals surface area contributed by atoms with Crippen molar-refractivity contribution in [3.8, 4) is 11.5 Å². The number of aliphatic hydroxyl groups excluding tert-OH is 1. The van der Waals surface area contributed by atoms with Gasteiger partial charge in [-0.3, -0.25) is 0 Å². The first-order valence-corrected chi connectivity index (χ1v) is 6.70. The summed E-state index contributed by atoms with van der Waals surface area (Å²) in [6.45, 7) is 0.483. The molecule has 1 aromatic rings. The normalized spacial score (nSPS) is 12.6. The van der Waals surface area contributed by atoms with Crippen LogP contribution in [0.3, 0.4) is 0 Å². The molecule has 0 saturated carbocycles. The Balaban J connectivity index is 0.000000413. The number of carboxylic acids is 2. The van der Waals surface area contributed by atoms with E-state index in [1.54, 1.807) is 25.2 Å². The first-order chi connectivity index (χ1) is 11.3. The summed E-state index contributed by atoms with van der Waals surface area (Å²) >= 11 is 0. The molecule has 1 aliphatic rings. The molecule has 0 fully saturated rings. The molecular formula is C14H17NO9. The van der Waals surface area contributed by atoms with Gasteiger partial charge in [0, 0.05) is 6.54 Å². The van der Waals surface area contributed by atoms with E-state index in [2.05, 4.69) is 5.32 Å². The van der Waals surface area contributed by atoms with Gasteiger partial charge in [0.1, 0.15) is 12.7 Å². The first kappa shape index (κ1) is 19.2. The van der Waals surface area contributed by atoms with Crippen LogP contribution in [-0.4, -0.2) is 66.3 Å². The average Bonchev–Trinajstić information content (AvgIpc) is 3.00. The molecule has 1 heterocycles. The number of ether oxygens (including phenoxy) is 3. The van der Waals surface area contributed by atoms with Crippen LogP contribution in [0.5, 0.6) is 11.5 Å². The second-order valence-corrected chi connectivity index (χ2v) is 4.49. The summed E-state index contributed by atoms with van der Waals surface area (Å²) in [6.07, 6.45) is -0.715. The van der Waals surface area contributed by atoms with Gasteiger partial charge in [-0.1, -0.05) is 0 Å². The standard InChI is InChI=1S/C12H15NO5.C2H2O4/c1-13-5-9(14)6-16-12(15)8-2-3-10-11(4-8)18-7-17-10;3-1(4)2(5)6/h2-4,9,13-14H,5-7H2,1H3;(H,3,4)(H,5,6). The van der Waals surface area contributed by atoms with Crippen molar-refractivity contribution in [1.29, 1.82) is 0 Å². The molecule has 0 amide bonds. The topological polar surface area (TPSA) is 152 Å². The van der Waals surface area contributed by atoms with Crippen LogP contribution in [0, 0.1) is 0 Å². The van der Waals surface area contributed by atoms with E-state index in [0.29, 0.717) is 23.6 Å². The third-order valence-corrected chi connectivity index (χ3v) is 2.64. The van der Waals surface area contributed by atoms with E-state index >= 15 is 0 Å². The number of carbonyl (C=O) groups is 3. The number of hydrogen-bond acceptors (Lipinski definition) is 8. The van der Waals surface area contributed by atoms with Gasteiger partial charge in [-0.2, -0.15) is 0 Å². The third-order valence-electron chi connectivity index (χ3n) is 2.64. The van der Waals surface area contributed by atoms with E-state index in [-0.39, 0.29) is 13.4 Å². The molecule has 132 valence electrons. The fourth-order valence-electron chi connectivity index (χ4n) is 1.57. The molecular weight excluding hydrogens is 326 g/mol. The number of likely N-dealkylation sites (N-methyl/N-ethyl adjacent to an activating group) is 1. The monoisotopic (exact) mass is 343 g/mol. The number of rotatable bonds is 5. The minimum Gasteiger partial charge on any atom is -0.473 e. The zero-order valence-corrected chi connectivity index (χ0v) is 12.7. The van der Waals surface area contributed by atoms with E-state index in [1.165, 1.54) is 0 Å². The quantitative estimate of drug-likeness (QED) is 0.399. The second kappa shape index (κ2) is 9.33. The Morgan fingerprint density at radius 1 is 1.21 bits per heavy atom. The van der Waals surface area contributed by atoms with Crippen molar-refractivity contribution in [2.45, 2.75) is 6.10 Å². The summed E-state index contributed by atoms with van der Waals surface area (Å²) in [6, 6.07) is 4.82. The number of carbonyl (C=O) groups excluding carboxylic acids is 1. The molecule has 10 heteroatoms. The third kappa shape index (κ3) is 6.10. The number of carboxylic acid groups (broad SMARTS) is 2. The van der Waals surface area contributed by atoms with Crippen LogP contribution in [0.2, 0.25) is 0 Å². The van der Waals surface area contributed by atoms with Crippen molar-refractivity contribution in [1.82, 2.24) is 5.32 Å². The van der Waals surface area contributed by atoms with Gasteiger partial charge in [0.05, 0.1) is 5.56 Å². The molecule has 1 unspecified atom stereocenters. The van der Waals surface area contributed by atoms with Crippen molar-refractivity contribution in [3.63, 3.8) is 0 Å². The van der Waals surface area contributed by atoms with Crippen LogP contribution in [0.1, 0.15) is 10.4 Å². The molecule has 0 saturated heterocycles. The lowest BCUT2D eigenvalue weighted by atomic mass is 10.2. The second-order valence-electron chi connectivity index (χ2n) is 4.49. The van der Waals surface area contributed by atoms with Crippen LogP contribution >= 0.6 is 0 Å². The molecule has 2 rings (SSSR count). The number of nitrogens with one attached hydrogen (secondary N) is 1. The van der Waals surface area contributed by atoms with Gasteiger partial charge < -0.3 is 34.8 Å². The Bertz CT molecular complexity index is 590. The van der Waals surface area contributed by atoms with Crippen molar-refractivity contribution < 1.29 is 43.9 Å². The molecule has 0 aromatic heterocycles. The lowest BCUT2D eigenvalue weighted by Crippen LogP contribution is -2.29. The fourth-order valence-corrected chi connectivity index (χ4v) is 1.57. The predicted molar refractivity (Wildman–Crippen MR) is 78.1 cm³/mol. The molecule has 10 nitrogen and oxygen atoms in total. The van der Waals surface area contributed by atoms with Crippen LogP contribution in [0.15, 0.2) is 18.2 Å². The van der Waals surface area contributed by atoms with Gasteiger partial charge in [-0.05, 0) is 25.2 Å². The average molecular weight is 343 g/mol. The van der Waals surface area contributed by atoms with Crippen LogP contribution in [0.25, 0.3) is 0 Å². The largest absolute Gasteiger partial charge is 0.473 e. The number of esters is 1. The highest BCUT2D eigenvalue weighted by atomic mass is 16.7. The molecule has 0 aliphatic carbocycles. The van der Waals surface area contributed by atoms with Crippen LogP contribution < -0.4 is 14.8 Å². The number of aliphatic hydroxyl groups is 1. The van der Waals surface area contributed by atoms with E-state index in [1.807, 2.05) is 0 Å². The molecule has 1 aliphatic heterocycles. The van der Waals surface area contributed by atoms with Crippen molar-refractivity contribution in [2.75, 3.05) is 27.0 Å². The van der Waals surface area contributed by atoms with E-state index < -0.39 is 24.0 Å². The molecule has 4 N–H and O–H groups in total. The van der Waals surface area contributed by atoms with Crippen molar-refractivity contribution >= 4 is 17.9 Å². The number of fused-ring (bicyclic) bond motifs is 1. The minimum atomic E-state index is -1.82. The Kier molecular flexibility index (Phi) is 7.46. The van der Waals surface area contributed by atoms with Gasteiger partial charge in [0.2, 0.25) is 6.79 Å². The molecule has 1 aromatic carbocycles. The maximum Gasteiger partial charge on any atom is 0.414 e. The lowest BCUT2D eigenvalue weighted by Gasteiger charge is -2.10. The summed E-state index contributed by atoms with van der Waals surface area (Å²) in [5.74, 6) is -3.00. The number of aliphatic carboxylic acids is 2. The zero-order valence-electron chi connectivity index (χ0n) is 12.7. The van der Waals surface area contributed by atoms with Gasteiger partial charge in [0.25, 0.3) is 0 Å². The number of benzene rings is 1. The van der Waals surface area contributed by atoms with E-state index in [0.717, 1.165) is 0 Å². The smallest absolute Gasteiger partial charge is 0.414 e.